The maximum atomic E-state index is 11.3. The van der Waals surface area contributed by atoms with Crippen LogP contribution in [0.25, 0.3) is 0 Å². The summed E-state index contributed by atoms with van der Waals surface area (Å²) in [5.74, 6) is -0.454. The van der Waals surface area contributed by atoms with E-state index < -0.39 is 10.9 Å². The molecule has 0 atom stereocenters. The summed E-state index contributed by atoms with van der Waals surface area (Å²) in [6.07, 6.45) is 1.56. The summed E-state index contributed by atoms with van der Waals surface area (Å²) in [6, 6.07) is 5.60. The van der Waals surface area contributed by atoms with Crippen molar-refractivity contribution in [2.75, 3.05) is 11.9 Å². The lowest BCUT2D eigenvalue weighted by atomic mass is 10.1. The number of nitrogens with zero attached hydrogens (tertiary/aromatic N) is 2. The highest BCUT2D eigenvalue weighted by molar-refractivity contribution is 5.95. The van der Waals surface area contributed by atoms with E-state index in [4.69, 9.17) is 4.42 Å². The number of benzene rings is 1. The van der Waals surface area contributed by atoms with Gasteiger partial charge in [0.05, 0.1) is 22.4 Å². The van der Waals surface area contributed by atoms with E-state index in [1.165, 1.54) is 12.1 Å². The third kappa shape index (κ3) is 3.02. The summed E-state index contributed by atoms with van der Waals surface area (Å²) in [6.45, 7) is 2.26. The van der Waals surface area contributed by atoms with E-state index in [9.17, 15) is 20.0 Å². The largest absolute Gasteiger partial charge is 0.478 e. The fourth-order valence-electron chi connectivity index (χ4n) is 2.06. The number of anilines is 1. The molecule has 2 rings (SSSR count). The molecule has 21 heavy (non-hydrogen) atoms. The first-order valence-electron chi connectivity index (χ1n) is 6.16. The van der Waals surface area contributed by atoms with E-state index in [2.05, 4.69) is 0 Å². The van der Waals surface area contributed by atoms with E-state index in [0.717, 1.165) is 17.4 Å². The number of carboxylic acid groups (broad SMARTS) is 1. The number of hydrogen-bond donors (Lipinski definition) is 1. The van der Waals surface area contributed by atoms with Crippen molar-refractivity contribution in [2.45, 2.75) is 13.5 Å². The average Bonchev–Trinajstić information content (AvgIpc) is 2.83. The highest BCUT2D eigenvalue weighted by Crippen LogP contribution is 2.26. The lowest BCUT2D eigenvalue weighted by Crippen LogP contribution is -2.19. The molecule has 0 bridgehead atoms. The molecule has 7 heteroatoms. The average molecular weight is 290 g/mol. The van der Waals surface area contributed by atoms with Crippen LogP contribution >= 0.6 is 0 Å². The van der Waals surface area contributed by atoms with Crippen LogP contribution < -0.4 is 4.90 Å². The number of nitro groups is 1. The van der Waals surface area contributed by atoms with Crippen LogP contribution in [0.1, 0.15) is 21.7 Å². The number of hydrogen-bond acceptors (Lipinski definition) is 5. The molecule has 0 spiro atoms. The molecule has 0 saturated heterocycles. The van der Waals surface area contributed by atoms with Gasteiger partial charge in [-0.05, 0) is 19.1 Å². The van der Waals surface area contributed by atoms with Crippen molar-refractivity contribution in [2.24, 2.45) is 0 Å². The molecule has 2 aromatic rings. The van der Waals surface area contributed by atoms with Gasteiger partial charge in [0, 0.05) is 31.3 Å². The van der Waals surface area contributed by atoms with Crippen molar-refractivity contribution in [3.05, 3.63) is 57.5 Å². The van der Waals surface area contributed by atoms with Crippen LogP contribution in [-0.4, -0.2) is 23.0 Å². The van der Waals surface area contributed by atoms with Crippen LogP contribution in [0, 0.1) is 17.0 Å². The lowest BCUT2D eigenvalue weighted by molar-refractivity contribution is -0.384. The Hall–Kier alpha value is -2.83. The van der Waals surface area contributed by atoms with Crippen molar-refractivity contribution in [3.63, 3.8) is 0 Å². The zero-order chi connectivity index (χ0) is 15.6. The molecule has 110 valence electrons. The summed E-state index contributed by atoms with van der Waals surface area (Å²) < 4.78 is 5.20. The lowest BCUT2D eigenvalue weighted by Gasteiger charge is -2.20. The molecule has 0 fully saturated rings. The van der Waals surface area contributed by atoms with Gasteiger partial charge in [0.15, 0.2) is 0 Å². The van der Waals surface area contributed by atoms with Gasteiger partial charge in [-0.15, -0.1) is 0 Å². The van der Waals surface area contributed by atoms with Crippen molar-refractivity contribution in [1.29, 1.82) is 0 Å². The Balaban J connectivity index is 2.36. The first kappa shape index (κ1) is 14.6. The van der Waals surface area contributed by atoms with Gasteiger partial charge < -0.3 is 14.4 Å². The van der Waals surface area contributed by atoms with E-state index >= 15 is 0 Å². The number of aromatic carboxylic acids is 1. The van der Waals surface area contributed by atoms with Gasteiger partial charge in [-0.3, -0.25) is 10.1 Å². The molecule has 0 aliphatic rings. The van der Waals surface area contributed by atoms with Crippen LogP contribution in [0.5, 0.6) is 0 Å². The van der Waals surface area contributed by atoms with Crippen molar-refractivity contribution < 1.29 is 19.2 Å². The maximum absolute atomic E-state index is 11.3. The van der Waals surface area contributed by atoms with Gasteiger partial charge in [-0.25, -0.2) is 4.79 Å². The third-order valence-electron chi connectivity index (χ3n) is 3.21. The third-order valence-corrected chi connectivity index (χ3v) is 3.21. The summed E-state index contributed by atoms with van der Waals surface area (Å²) >= 11 is 0. The van der Waals surface area contributed by atoms with Crippen molar-refractivity contribution in [3.8, 4) is 0 Å². The maximum Gasteiger partial charge on any atom is 0.338 e. The summed E-state index contributed by atoms with van der Waals surface area (Å²) in [7, 11) is 1.72. The molecule has 0 saturated carbocycles. The molecule has 0 amide bonds. The van der Waals surface area contributed by atoms with Crippen molar-refractivity contribution in [1.82, 2.24) is 0 Å². The Kier molecular flexibility index (Phi) is 3.93. The van der Waals surface area contributed by atoms with Gasteiger partial charge in [0.1, 0.15) is 5.76 Å². The zero-order valence-corrected chi connectivity index (χ0v) is 11.6. The number of carbonyl (C=O) groups is 1. The van der Waals surface area contributed by atoms with E-state index in [0.29, 0.717) is 12.2 Å². The highest BCUT2D eigenvalue weighted by atomic mass is 16.6. The van der Waals surface area contributed by atoms with Crippen LogP contribution in [0.2, 0.25) is 0 Å². The van der Waals surface area contributed by atoms with Crippen LogP contribution in [-0.2, 0) is 6.54 Å². The second kappa shape index (κ2) is 5.66. The monoisotopic (exact) mass is 290 g/mol. The van der Waals surface area contributed by atoms with Gasteiger partial charge >= 0.3 is 5.97 Å². The summed E-state index contributed by atoms with van der Waals surface area (Å²) in [5, 5.41) is 20.0. The SMILES string of the molecule is Cc1occc1CN(C)c1ccc([N+](=O)[O-])cc1C(=O)O. The summed E-state index contributed by atoms with van der Waals surface area (Å²) in [4.78, 5) is 23.1. The summed E-state index contributed by atoms with van der Waals surface area (Å²) in [5.41, 5.74) is 0.984. The fourth-order valence-corrected chi connectivity index (χ4v) is 2.06. The zero-order valence-electron chi connectivity index (χ0n) is 11.6. The van der Waals surface area contributed by atoms with Gasteiger partial charge in [0.25, 0.3) is 5.69 Å². The minimum absolute atomic E-state index is 0.104. The number of nitro benzene ring substituents is 1. The molecule has 1 aromatic heterocycles. The standard InChI is InChI=1S/C14H14N2O5/c1-9-10(5-6-21-9)8-15(2)13-4-3-11(16(19)20)7-12(13)14(17)18/h3-7H,8H2,1-2H3,(H,17,18). The molecule has 0 aliphatic carbocycles. The Morgan fingerprint density at radius 2 is 2.14 bits per heavy atom. The second-order valence-electron chi connectivity index (χ2n) is 4.62. The quantitative estimate of drug-likeness (QED) is 0.671. The van der Waals surface area contributed by atoms with Crippen LogP contribution in [0.15, 0.2) is 34.9 Å². The molecule has 1 N–H and O–H groups in total. The number of non-ortho nitro benzene ring substituents is 1. The van der Waals surface area contributed by atoms with Crippen LogP contribution in [0.3, 0.4) is 0 Å². The number of carboxylic acids is 1. The van der Waals surface area contributed by atoms with Gasteiger partial charge in [-0.2, -0.15) is 0 Å². The number of aryl methyl sites for hydroxylation is 1. The number of rotatable bonds is 5. The minimum Gasteiger partial charge on any atom is -0.478 e. The molecule has 0 aliphatic heterocycles. The highest BCUT2D eigenvalue weighted by Gasteiger charge is 2.19. The van der Waals surface area contributed by atoms with Gasteiger partial charge in [0.2, 0.25) is 0 Å². The van der Waals surface area contributed by atoms with Crippen molar-refractivity contribution >= 4 is 17.3 Å². The first-order chi connectivity index (χ1) is 9.90. The topological polar surface area (TPSA) is 96.8 Å². The molecule has 1 heterocycles. The molecular formula is C14H14N2O5. The molecule has 0 unspecified atom stereocenters. The normalized spacial score (nSPS) is 10.4. The Bertz CT molecular complexity index is 692. The molecule has 1 aromatic carbocycles. The minimum atomic E-state index is -1.20. The molecule has 7 nitrogen and oxygen atoms in total. The second-order valence-corrected chi connectivity index (χ2v) is 4.62. The van der Waals surface area contributed by atoms with E-state index in [-0.39, 0.29) is 11.3 Å². The smallest absolute Gasteiger partial charge is 0.338 e. The van der Waals surface area contributed by atoms with E-state index in [1.54, 1.807) is 24.3 Å². The van der Waals surface area contributed by atoms with E-state index in [1.807, 2.05) is 6.92 Å². The molecular weight excluding hydrogens is 276 g/mol. The van der Waals surface area contributed by atoms with Gasteiger partial charge in [-0.1, -0.05) is 0 Å². The Morgan fingerprint density at radius 1 is 1.43 bits per heavy atom. The fraction of sp³-hybridized carbons (Fsp3) is 0.214. The first-order valence-corrected chi connectivity index (χ1v) is 6.16. The molecule has 0 radical (unpaired) electrons. The van der Waals surface area contributed by atoms with Crippen LogP contribution in [0.4, 0.5) is 11.4 Å². The predicted octanol–water partition coefficient (Wildman–Crippen LogP) is 2.83. The Morgan fingerprint density at radius 3 is 2.67 bits per heavy atom. The number of furan rings is 1. The Labute approximate surface area is 120 Å². The predicted molar refractivity (Wildman–Crippen MR) is 75.6 cm³/mol.